The summed E-state index contributed by atoms with van der Waals surface area (Å²) < 4.78 is 1.35. The van der Waals surface area contributed by atoms with Crippen LogP contribution < -0.4 is 10.9 Å². The molecule has 1 aliphatic rings. The van der Waals surface area contributed by atoms with Crippen molar-refractivity contribution >= 4 is 5.91 Å². The van der Waals surface area contributed by atoms with Gasteiger partial charge in [-0.05, 0) is 38.2 Å². The maximum Gasteiger partial charge on any atom is 0.271 e. The normalized spacial score (nSPS) is 22.0. The van der Waals surface area contributed by atoms with E-state index in [2.05, 4.69) is 10.4 Å². The molecule has 6 heteroatoms. The first-order valence-electron chi connectivity index (χ1n) is 7.67. The molecule has 1 aromatic rings. The lowest BCUT2D eigenvalue weighted by atomic mass is 9.93. The number of carbonyl (C=O) groups is 1. The van der Waals surface area contributed by atoms with Crippen molar-refractivity contribution in [3.05, 3.63) is 28.2 Å². The lowest BCUT2D eigenvalue weighted by Crippen LogP contribution is -2.39. The van der Waals surface area contributed by atoms with E-state index < -0.39 is 0 Å². The summed E-state index contributed by atoms with van der Waals surface area (Å²) in [6.07, 6.45) is 4.58. The average molecular weight is 293 g/mol. The highest BCUT2D eigenvalue weighted by atomic mass is 16.3. The molecule has 116 valence electrons. The van der Waals surface area contributed by atoms with E-state index in [0.29, 0.717) is 19.4 Å². The Hall–Kier alpha value is -1.69. The highest BCUT2D eigenvalue weighted by Crippen LogP contribution is 2.18. The van der Waals surface area contributed by atoms with Crippen LogP contribution in [-0.4, -0.2) is 32.9 Å². The van der Waals surface area contributed by atoms with Crippen LogP contribution in [0.15, 0.2) is 16.9 Å². The Morgan fingerprint density at radius 3 is 2.76 bits per heavy atom. The standard InChI is InChI=1S/C15H23N3O3/c1-2-3-10-18-14(20)9-8-13(17-18)15(21)16-11-4-6-12(19)7-5-11/h8-9,11-12,19H,2-7,10H2,1H3,(H,16,21). The van der Waals surface area contributed by atoms with Crippen LogP contribution in [0.1, 0.15) is 55.9 Å². The predicted molar refractivity (Wildman–Crippen MR) is 79.1 cm³/mol. The van der Waals surface area contributed by atoms with Crippen LogP contribution in [0.2, 0.25) is 0 Å². The summed E-state index contributed by atoms with van der Waals surface area (Å²) in [5.41, 5.74) is 0.0950. The smallest absolute Gasteiger partial charge is 0.271 e. The van der Waals surface area contributed by atoms with Gasteiger partial charge in [-0.3, -0.25) is 9.59 Å². The van der Waals surface area contributed by atoms with Crippen LogP contribution in [0.3, 0.4) is 0 Å². The Kier molecular flexibility index (Phi) is 5.50. The Bertz CT molecular complexity index is 533. The first kappa shape index (κ1) is 15.7. The number of hydrogen-bond acceptors (Lipinski definition) is 4. The second-order valence-corrected chi connectivity index (χ2v) is 5.61. The minimum Gasteiger partial charge on any atom is -0.393 e. The van der Waals surface area contributed by atoms with Crippen LogP contribution in [-0.2, 0) is 6.54 Å². The molecule has 0 bridgehead atoms. The number of nitrogens with one attached hydrogen (secondary N) is 1. The van der Waals surface area contributed by atoms with Gasteiger partial charge in [0.1, 0.15) is 5.69 Å². The van der Waals surface area contributed by atoms with Gasteiger partial charge in [0.2, 0.25) is 0 Å². The van der Waals surface area contributed by atoms with Crippen LogP contribution in [0.25, 0.3) is 0 Å². The van der Waals surface area contributed by atoms with Crippen LogP contribution in [0.4, 0.5) is 0 Å². The van der Waals surface area contributed by atoms with Crippen molar-refractivity contribution in [2.45, 2.75) is 64.1 Å². The summed E-state index contributed by atoms with van der Waals surface area (Å²) in [7, 11) is 0. The van der Waals surface area contributed by atoms with Gasteiger partial charge in [-0.1, -0.05) is 13.3 Å². The molecule has 0 spiro atoms. The fraction of sp³-hybridized carbons (Fsp3) is 0.667. The van der Waals surface area contributed by atoms with Gasteiger partial charge in [0.25, 0.3) is 11.5 Å². The number of carbonyl (C=O) groups excluding carboxylic acids is 1. The number of aryl methyl sites for hydroxylation is 1. The zero-order valence-electron chi connectivity index (χ0n) is 12.4. The first-order chi connectivity index (χ1) is 10.1. The first-order valence-corrected chi connectivity index (χ1v) is 7.67. The number of rotatable bonds is 5. The van der Waals surface area contributed by atoms with Gasteiger partial charge in [0.05, 0.1) is 6.10 Å². The van der Waals surface area contributed by atoms with Crippen LogP contribution in [0.5, 0.6) is 0 Å². The topological polar surface area (TPSA) is 84.2 Å². The maximum absolute atomic E-state index is 12.2. The Labute approximate surface area is 124 Å². The molecule has 1 aromatic heterocycles. The Morgan fingerprint density at radius 1 is 1.38 bits per heavy atom. The van der Waals surface area contributed by atoms with Gasteiger partial charge in [-0.15, -0.1) is 0 Å². The molecule has 1 heterocycles. The van der Waals surface area contributed by atoms with Gasteiger partial charge in [0.15, 0.2) is 0 Å². The number of aliphatic hydroxyl groups is 1. The second kappa shape index (κ2) is 7.36. The molecule has 0 aliphatic heterocycles. The average Bonchev–Trinajstić information content (AvgIpc) is 2.48. The van der Waals surface area contributed by atoms with E-state index in [1.807, 2.05) is 6.92 Å². The third-order valence-electron chi connectivity index (χ3n) is 3.85. The van der Waals surface area contributed by atoms with Crippen molar-refractivity contribution in [1.82, 2.24) is 15.1 Å². The molecule has 1 saturated carbocycles. The summed E-state index contributed by atoms with van der Waals surface area (Å²) in [6, 6.07) is 2.94. The summed E-state index contributed by atoms with van der Waals surface area (Å²) in [4.78, 5) is 23.8. The van der Waals surface area contributed by atoms with E-state index in [-0.39, 0.29) is 29.3 Å². The van der Waals surface area contributed by atoms with E-state index in [0.717, 1.165) is 25.7 Å². The predicted octanol–water partition coefficient (Wildman–Crippen LogP) is 1.08. The molecular formula is C15H23N3O3. The summed E-state index contributed by atoms with van der Waals surface area (Å²) >= 11 is 0. The largest absolute Gasteiger partial charge is 0.393 e. The summed E-state index contributed by atoms with van der Waals surface area (Å²) in [5, 5.41) is 16.5. The number of hydrogen-bond donors (Lipinski definition) is 2. The molecule has 0 unspecified atom stereocenters. The minimum atomic E-state index is -0.248. The summed E-state index contributed by atoms with van der Waals surface area (Å²) in [6.45, 7) is 2.57. The zero-order chi connectivity index (χ0) is 15.2. The Balaban J connectivity index is 2.00. The fourth-order valence-electron chi connectivity index (χ4n) is 2.52. The molecule has 0 atom stereocenters. The fourth-order valence-corrected chi connectivity index (χ4v) is 2.52. The van der Waals surface area contributed by atoms with Gasteiger partial charge in [-0.25, -0.2) is 4.68 Å². The molecule has 0 saturated heterocycles. The van der Waals surface area contributed by atoms with Gasteiger partial charge >= 0.3 is 0 Å². The lowest BCUT2D eigenvalue weighted by molar-refractivity contribution is 0.0861. The number of unbranched alkanes of at least 4 members (excludes halogenated alkanes) is 1. The van der Waals surface area contributed by atoms with Crippen molar-refractivity contribution in [3.63, 3.8) is 0 Å². The quantitative estimate of drug-likeness (QED) is 0.850. The highest BCUT2D eigenvalue weighted by Gasteiger charge is 2.21. The molecular weight excluding hydrogens is 270 g/mol. The zero-order valence-corrected chi connectivity index (χ0v) is 12.4. The van der Waals surface area contributed by atoms with Crippen molar-refractivity contribution in [2.75, 3.05) is 0 Å². The lowest BCUT2D eigenvalue weighted by Gasteiger charge is -2.26. The number of amides is 1. The molecule has 1 aliphatic carbocycles. The Morgan fingerprint density at radius 2 is 2.10 bits per heavy atom. The number of aromatic nitrogens is 2. The molecule has 1 fully saturated rings. The van der Waals surface area contributed by atoms with Gasteiger partial charge < -0.3 is 10.4 Å². The van der Waals surface area contributed by atoms with Crippen molar-refractivity contribution < 1.29 is 9.90 Å². The van der Waals surface area contributed by atoms with E-state index in [1.54, 1.807) is 0 Å². The maximum atomic E-state index is 12.2. The molecule has 2 N–H and O–H groups in total. The molecule has 6 nitrogen and oxygen atoms in total. The van der Waals surface area contributed by atoms with E-state index in [4.69, 9.17) is 0 Å². The molecule has 1 amide bonds. The number of nitrogens with zero attached hydrogens (tertiary/aromatic N) is 2. The van der Waals surface area contributed by atoms with Crippen molar-refractivity contribution in [2.24, 2.45) is 0 Å². The second-order valence-electron chi connectivity index (χ2n) is 5.61. The van der Waals surface area contributed by atoms with E-state index in [1.165, 1.54) is 16.8 Å². The monoisotopic (exact) mass is 293 g/mol. The third kappa shape index (κ3) is 4.39. The van der Waals surface area contributed by atoms with Crippen LogP contribution in [0, 0.1) is 0 Å². The highest BCUT2D eigenvalue weighted by molar-refractivity contribution is 5.92. The molecule has 2 rings (SSSR count). The van der Waals surface area contributed by atoms with Gasteiger partial charge in [0, 0.05) is 18.7 Å². The summed E-state index contributed by atoms with van der Waals surface area (Å²) in [5.74, 6) is -0.248. The van der Waals surface area contributed by atoms with Gasteiger partial charge in [-0.2, -0.15) is 5.10 Å². The van der Waals surface area contributed by atoms with Crippen molar-refractivity contribution in [3.8, 4) is 0 Å². The van der Waals surface area contributed by atoms with E-state index in [9.17, 15) is 14.7 Å². The molecule has 21 heavy (non-hydrogen) atoms. The minimum absolute atomic E-state index is 0.0821. The SMILES string of the molecule is CCCCn1nc(C(=O)NC2CCC(O)CC2)ccc1=O. The van der Waals surface area contributed by atoms with Crippen LogP contribution >= 0.6 is 0 Å². The van der Waals surface area contributed by atoms with E-state index >= 15 is 0 Å². The third-order valence-corrected chi connectivity index (χ3v) is 3.85. The number of aliphatic hydroxyl groups excluding tert-OH is 1. The molecule has 0 radical (unpaired) electrons. The van der Waals surface area contributed by atoms with Crippen molar-refractivity contribution in [1.29, 1.82) is 0 Å². The molecule has 0 aromatic carbocycles.